The number of hydrogen-bond donors (Lipinski definition) is 1. The molecule has 0 aromatic heterocycles. The molecule has 0 fully saturated rings. The minimum Gasteiger partial charge on any atom is -0.312 e. The lowest BCUT2D eigenvalue weighted by molar-refractivity contribution is -0.432. The molecule has 0 aliphatic heterocycles. The lowest BCUT2D eigenvalue weighted by Crippen LogP contribution is -1.85. The minimum absolute atomic E-state index is 0.290. The highest BCUT2D eigenvalue weighted by Crippen LogP contribution is 2.23. The first-order valence-electron chi connectivity index (χ1n) is 3.44. The maximum Gasteiger partial charge on any atom is 0.240 e. The zero-order valence-corrected chi connectivity index (χ0v) is 7.45. The monoisotopic (exact) mass is 197 g/mol. The molecule has 1 rings (SSSR count). The van der Waals surface area contributed by atoms with Gasteiger partial charge in [-0.1, -0.05) is 23.2 Å². The number of hydrogen-bond acceptors (Lipinski definition) is 4. The molecule has 1 aromatic carbocycles. The quantitative estimate of drug-likeness (QED) is 0.348. The van der Waals surface area contributed by atoms with Crippen molar-refractivity contribution >= 4 is 12.0 Å². The van der Waals surface area contributed by atoms with Crippen molar-refractivity contribution in [2.45, 2.75) is 11.4 Å². The first-order valence-corrected chi connectivity index (χ1v) is 4.18. The van der Waals surface area contributed by atoms with E-state index in [0.29, 0.717) is 0 Å². The molecule has 0 spiro atoms. The van der Waals surface area contributed by atoms with Crippen LogP contribution in [0.1, 0.15) is 5.56 Å². The van der Waals surface area contributed by atoms with Gasteiger partial charge >= 0.3 is 0 Å². The van der Waals surface area contributed by atoms with Crippen LogP contribution in [-0.2, 0) is 15.9 Å². The maximum atomic E-state index is 7.94. The van der Waals surface area contributed by atoms with Gasteiger partial charge < -0.3 is 4.85 Å². The Balaban J connectivity index is 2.73. The molecule has 0 unspecified atom stereocenters. The standard InChI is InChI=1S/C8H7NO3S/c1-9-6-7-4-2-3-5-8(7)13-12-11-10/h2-5,10H,6H2. The van der Waals surface area contributed by atoms with E-state index in [1.54, 1.807) is 6.07 Å². The second-order valence-corrected chi connectivity index (χ2v) is 2.89. The van der Waals surface area contributed by atoms with Gasteiger partial charge in [-0.3, -0.25) is 0 Å². The van der Waals surface area contributed by atoms with Gasteiger partial charge in [-0.05, 0) is 6.07 Å². The molecular formula is C8H7NO3S. The van der Waals surface area contributed by atoms with Gasteiger partial charge in [0.15, 0.2) is 0 Å². The van der Waals surface area contributed by atoms with Gasteiger partial charge in [0, 0.05) is 10.5 Å². The molecule has 0 aliphatic rings. The first-order chi connectivity index (χ1) is 6.38. The van der Waals surface area contributed by atoms with Crippen LogP contribution in [0.3, 0.4) is 0 Å². The average Bonchev–Trinajstić information content (AvgIpc) is 2.17. The largest absolute Gasteiger partial charge is 0.312 e. The summed E-state index contributed by atoms with van der Waals surface area (Å²) in [5.74, 6) is 0. The van der Waals surface area contributed by atoms with E-state index < -0.39 is 0 Å². The Morgan fingerprint density at radius 3 is 2.92 bits per heavy atom. The molecule has 0 atom stereocenters. The molecule has 0 saturated heterocycles. The Labute approximate surface area is 80.0 Å². The Morgan fingerprint density at radius 1 is 1.46 bits per heavy atom. The molecular weight excluding hydrogens is 190 g/mol. The minimum atomic E-state index is 0.290. The van der Waals surface area contributed by atoms with E-state index in [4.69, 9.17) is 11.8 Å². The smallest absolute Gasteiger partial charge is 0.240 e. The van der Waals surface area contributed by atoms with E-state index in [9.17, 15) is 0 Å². The molecule has 4 nitrogen and oxygen atoms in total. The van der Waals surface area contributed by atoms with Gasteiger partial charge in [0.25, 0.3) is 0 Å². The van der Waals surface area contributed by atoms with Gasteiger partial charge in [-0.25, -0.2) is 11.8 Å². The van der Waals surface area contributed by atoms with Crippen LogP contribution < -0.4 is 0 Å². The van der Waals surface area contributed by atoms with E-state index in [-0.39, 0.29) is 6.54 Å². The van der Waals surface area contributed by atoms with Crippen molar-refractivity contribution in [1.29, 1.82) is 0 Å². The first kappa shape index (κ1) is 10.0. The second kappa shape index (κ2) is 5.56. The van der Waals surface area contributed by atoms with Gasteiger partial charge in [-0.15, -0.1) is 4.33 Å². The normalized spacial score (nSPS) is 9.54. The van der Waals surface area contributed by atoms with Crippen molar-refractivity contribution in [1.82, 2.24) is 0 Å². The predicted molar refractivity (Wildman–Crippen MR) is 47.4 cm³/mol. The lowest BCUT2D eigenvalue weighted by atomic mass is 10.2. The summed E-state index contributed by atoms with van der Waals surface area (Å²) in [6.07, 6.45) is 0. The third-order valence-electron chi connectivity index (χ3n) is 1.38. The lowest BCUT2D eigenvalue weighted by Gasteiger charge is -2.00. The third-order valence-corrected chi connectivity index (χ3v) is 2.08. The van der Waals surface area contributed by atoms with Crippen molar-refractivity contribution in [3.8, 4) is 0 Å². The molecule has 0 aliphatic carbocycles. The van der Waals surface area contributed by atoms with Crippen molar-refractivity contribution in [2.75, 3.05) is 0 Å². The van der Waals surface area contributed by atoms with Crippen LogP contribution in [0.4, 0.5) is 0 Å². The van der Waals surface area contributed by atoms with Crippen LogP contribution in [0, 0.1) is 6.57 Å². The molecule has 0 amide bonds. The average molecular weight is 197 g/mol. The van der Waals surface area contributed by atoms with E-state index in [1.807, 2.05) is 18.2 Å². The highest BCUT2D eigenvalue weighted by atomic mass is 32.2. The highest BCUT2D eigenvalue weighted by molar-refractivity contribution is 7.94. The van der Waals surface area contributed by atoms with Crippen molar-refractivity contribution < 1.29 is 14.6 Å². The fourth-order valence-corrected chi connectivity index (χ4v) is 1.33. The molecule has 68 valence electrons. The van der Waals surface area contributed by atoms with E-state index in [2.05, 4.69) is 14.2 Å². The maximum absolute atomic E-state index is 7.94. The van der Waals surface area contributed by atoms with E-state index in [1.165, 1.54) is 0 Å². The zero-order valence-electron chi connectivity index (χ0n) is 6.64. The Morgan fingerprint density at radius 2 is 2.23 bits per heavy atom. The van der Waals surface area contributed by atoms with Crippen molar-refractivity contribution in [3.05, 3.63) is 41.2 Å². The third kappa shape index (κ3) is 3.05. The van der Waals surface area contributed by atoms with Gasteiger partial charge in [-0.2, -0.15) is 0 Å². The molecule has 0 radical (unpaired) electrons. The summed E-state index contributed by atoms with van der Waals surface area (Å²) < 4.78 is 4.28. The summed E-state index contributed by atoms with van der Waals surface area (Å²) in [6.45, 7) is 7.00. The summed E-state index contributed by atoms with van der Waals surface area (Å²) >= 11 is 0.871. The molecule has 0 bridgehead atoms. The fraction of sp³-hybridized carbons (Fsp3) is 0.125. The number of nitrogens with zero attached hydrogens (tertiary/aromatic N) is 1. The molecule has 0 heterocycles. The number of rotatable bonds is 4. The second-order valence-electron chi connectivity index (χ2n) is 2.15. The zero-order chi connectivity index (χ0) is 9.52. The topological polar surface area (TPSA) is 43.0 Å². The fourth-order valence-electron chi connectivity index (χ4n) is 0.853. The van der Waals surface area contributed by atoms with Gasteiger partial charge in [0.2, 0.25) is 6.54 Å². The Hall–Kier alpha value is -1.06. The molecule has 5 heteroatoms. The van der Waals surface area contributed by atoms with Crippen LogP contribution in [-0.4, -0.2) is 5.26 Å². The summed E-state index contributed by atoms with van der Waals surface area (Å²) in [5, 5.41) is 11.4. The summed E-state index contributed by atoms with van der Waals surface area (Å²) in [4.78, 5) is 4.01. The van der Waals surface area contributed by atoms with Crippen molar-refractivity contribution in [3.63, 3.8) is 0 Å². The SMILES string of the molecule is [C-]#[N+]Cc1ccccc1SOOO. The van der Waals surface area contributed by atoms with E-state index >= 15 is 0 Å². The van der Waals surface area contributed by atoms with Crippen LogP contribution in [0.2, 0.25) is 0 Å². The summed E-state index contributed by atoms with van der Waals surface area (Å²) in [6, 6.07) is 7.26. The van der Waals surface area contributed by atoms with E-state index in [0.717, 1.165) is 22.5 Å². The molecule has 1 aromatic rings. The summed E-state index contributed by atoms with van der Waals surface area (Å²) in [5.41, 5.74) is 0.847. The van der Waals surface area contributed by atoms with Crippen molar-refractivity contribution in [2.24, 2.45) is 0 Å². The van der Waals surface area contributed by atoms with Crippen LogP contribution in [0.25, 0.3) is 4.85 Å². The van der Waals surface area contributed by atoms with Crippen LogP contribution in [0.15, 0.2) is 29.2 Å². The van der Waals surface area contributed by atoms with Gasteiger partial charge in [0.1, 0.15) is 0 Å². The summed E-state index contributed by atoms with van der Waals surface area (Å²) in [7, 11) is 0. The molecule has 13 heavy (non-hydrogen) atoms. The molecule has 1 N–H and O–H groups in total. The molecule has 0 saturated carbocycles. The Kier molecular flexibility index (Phi) is 4.29. The predicted octanol–water partition coefficient (Wildman–Crippen LogP) is 2.53. The number of benzene rings is 1. The Bertz CT molecular complexity index is 311. The van der Waals surface area contributed by atoms with Crippen LogP contribution in [0.5, 0.6) is 0 Å². The highest BCUT2D eigenvalue weighted by Gasteiger charge is 2.05. The van der Waals surface area contributed by atoms with Crippen LogP contribution >= 0.6 is 12.0 Å². The van der Waals surface area contributed by atoms with Gasteiger partial charge in [0.05, 0.1) is 12.0 Å².